The summed E-state index contributed by atoms with van der Waals surface area (Å²) in [4.78, 5) is 22.9. The highest BCUT2D eigenvalue weighted by atomic mass is 16.2. The van der Waals surface area contributed by atoms with Gasteiger partial charge in [0.1, 0.15) is 5.82 Å². The van der Waals surface area contributed by atoms with E-state index in [0.717, 1.165) is 63.6 Å². The van der Waals surface area contributed by atoms with Gasteiger partial charge in [0.15, 0.2) is 5.65 Å². The molecular weight excluding hydrogens is 412 g/mol. The van der Waals surface area contributed by atoms with Crippen LogP contribution in [-0.2, 0) is 23.1 Å². The number of nitrogens with zero attached hydrogens (tertiary/aromatic N) is 5. The molecule has 1 aliphatic carbocycles. The molecule has 5 aliphatic rings. The van der Waals surface area contributed by atoms with Gasteiger partial charge in [0.05, 0.1) is 17.8 Å². The number of benzene rings is 1. The van der Waals surface area contributed by atoms with Gasteiger partial charge in [0, 0.05) is 56.2 Å². The molecule has 7 heteroatoms. The number of anilines is 1. The van der Waals surface area contributed by atoms with Crippen molar-refractivity contribution in [1.82, 2.24) is 24.8 Å². The lowest BCUT2D eigenvalue weighted by atomic mass is 9.55. The third kappa shape index (κ3) is 3.01. The summed E-state index contributed by atoms with van der Waals surface area (Å²) >= 11 is 0. The van der Waals surface area contributed by atoms with E-state index in [2.05, 4.69) is 50.5 Å². The van der Waals surface area contributed by atoms with Crippen LogP contribution in [0, 0.1) is 11.8 Å². The first-order chi connectivity index (χ1) is 16.2. The molecule has 1 amide bonds. The predicted molar refractivity (Wildman–Crippen MR) is 126 cm³/mol. The Morgan fingerprint density at radius 2 is 1.85 bits per heavy atom. The van der Waals surface area contributed by atoms with Crippen molar-refractivity contribution in [3.63, 3.8) is 0 Å². The van der Waals surface area contributed by atoms with E-state index in [1.165, 1.54) is 29.7 Å². The second-order valence-electron chi connectivity index (χ2n) is 10.5. The molecule has 1 aromatic carbocycles. The van der Waals surface area contributed by atoms with Crippen molar-refractivity contribution in [1.29, 1.82) is 0 Å². The number of rotatable bonds is 3. The molecule has 1 N–H and O–H groups in total. The second-order valence-corrected chi connectivity index (χ2v) is 10.5. The van der Waals surface area contributed by atoms with Crippen LogP contribution in [0.2, 0.25) is 0 Å². The Kier molecular flexibility index (Phi) is 4.31. The Balaban J connectivity index is 1.11. The summed E-state index contributed by atoms with van der Waals surface area (Å²) < 4.78 is 1.98. The smallest absolute Gasteiger partial charge is 0.229 e. The van der Waals surface area contributed by atoms with E-state index >= 15 is 0 Å². The SMILES string of the molecule is O=C(C1CN(c2c3c(nc4ccnn24)CCNCC3)C1)N1CC2CC(c3ccccc3)(C2)C1. The molecule has 0 radical (unpaired) electrons. The zero-order valence-corrected chi connectivity index (χ0v) is 18.9. The lowest BCUT2D eigenvalue weighted by molar-refractivity contribution is -0.144. The van der Waals surface area contributed by atoms with Crippen LogP contribution >= 0.6 is 0 Å². The highest BCUT2D eigenvalue weighted by Gasteiger charge is 2.53. The van der Waals surface area contributed by atoms with Crippen LogP contribution in [-0.4, -0.2) is 64.7 Å². The van der Waals surface area contributed by atoms with Crippen LogP contribution in [0.25, 0.3) is 5.65 Å². The maximum absolute atomic E-state index is 13.5. The van der Waals surface area contributed by atoms with Gasteiger partial charge in [-0.3, -0.25) is 4.79 Å². The quantitative estimate of drug-likeness (QED) is 0.673. The molecule has 3 aromatic rings. The lowest BCUT2D eigenvalue weighted by Gasteiger charge is -2.58. The summed E-state index contributed by atoms with van der Waals surface area (Å²) in [5, 5.41) is 8.06. The third-order valence-corrected chi connectivity index (χ3v) is 8.34. The number of hydrogen-bond donors (Lipinski definition) is 1. The molecule has 7 nitrogen and oxygen atoms in total. The number of nitrogens with one attached hydrogen (secondary N) is 1. The number of aromatic nitrogens is 3. The number of carbonyl (C=O) groups is 1. The Hall–Kier alpha value is -2.93. The minimum absolute atomic E-state index is 0.0775. The van der Waals surface area contributed by atoms with Gasteiger partial charge in [-0.1, -0.05) is 30.3 Å². The fraction of sp³-hybridized carbons (Fsp3) is 0.500. The average Bonchev–Trinajstić information content (AvgIpc) is 3.14. The van der Waals surface area contributed by atoms with E-state index in [1.807, 2.05) is 16.8 Å². The maximum atomic E-state index is 13.5. The van der Waals surface area contributed by atoms with Gasteiger partial charge in [-0.05, 0) is 37.3 Å². The first kappa shape index (κ1) is 19.5. The summed E-state index contributed by atoms with van der Waals surface area (Å²) in [5.41, 5.74) is 4.97. The van der Waals surface area contributed by atoms with Gasteiger partial charge in [-0.2, -0.15) is 9.61 Å². The molecule has 0 atom stereocenters. The van der Waals surface area contributed by atoms with Crippen LogP contribution < -0.4 is 10.2 Å². The van der Waals surface area contributed by atoms with Gasteiger partial charge in [-0.25, -0.2) is 4.98 Å². The topological polar surface area (TPSA) is 65.8 Å². The Bertz CT molecular complexity index is 1210. The van der Waals surface area contributed by atoms with Crippen LogP contribution in [0.4, 0.5) is 5.82 Å². The van der Waals surface area contributed by atoms with Crippen molar-refractivity contribution >= 4 is 17.4 Å². The van der Waals surface area contributed by atoms with E-state index in [0.29, 0.717) is 11.8 Å². The van der Waals surface area contributed by atoms with E-state index in [9.17, 15) is 4.79 Å². The molecule has 0 unspecified atom stereocenters. The normalized spacial score (nSPS) is 27.0. The van der Waals surface area contributed by atoms with Gasteiger partial charge in [0.2, 0.25) is 5.91 Å². The zero-order chi connectivity index (χ0) is 22.0. The van der Waals surface area contributed by atoms with E-state index in [1.54, 1.807) is 0 Å². The fourth-order valence-electron chi connectivity index (χ4n) is 6.74. The van der Waals surface area contributed by atoms with Crippen molar-refractivity contribution < 1.29 is 4.79 Å². The highest BCUT2D eigenvalue weighted by molar-refractivity contribution is 5.83. The summed E-state index contributed by atoms with van der Waals surface area (Å²) in [6.07, 6.45) is 6.18. The molecule has 6 heterocycles. The minimum Gasteiger partial charge on any atom is -0.354 e. The first-order valence-electron chi connectivity index (χ1n) is 12.4. The van der Waals surface area contributed by atoms with Crippen LogP contribution in [0.5, 0.6) is 0 Å². The van der Waals surface area contributed by atoms with Crippen LogP contribution in [0.1, 0.15) is 29.7 Å². The minimum atomic E-state index is 0.0775. The molecule has 4 aliphatic heterocycles. The number of carbonyl (C=O) groups excluding carboxylic acids is 1. The Morgan fingerprint density at radius 3 is 2.70 bits per heavy atom. The van der Waals surface area contributed by atoms with Crippen LogP contribution in [0.3, 0.4) is 0 Å². The molecule has 0 spiro atoms. The summed E-state index contributed by atoms with van der Waals surface area (Å²) in [6.45, 7) is 5.28. The fourth-order valence-corrected chi connectivity index (χ4v) is 6.74. The third-order valence-electron chi connectivity index (χ3n) is 8.34. The van der Waals surface area contributed by atoms with E-state index in [4.69, 9.17) is 4.98 Å². The van der Waals surface area contributed by atoms with Crippen molar-refractivity contribution in [2.75, 3.05) is 44.2 Å². The van der Waals surface area contributed by atoms with Crippen molar-refractivity contribution in [2.24, 2.45) is 11.8 Å². The summed E-state index contributed by atoms with van der Waals surface area (Å²) in [7, 11) is 0. The largest absolute Gasteiger partial charge is 0.354 e. The maximum Gasteiger partial charge on any atom is 0.229 e. The van der Waals surface area contributed by atoms with Crippen molar-refractivity contribution in [3.8, 4) is 0 Å². The number of amides is 1. The molecular formula is C26H30N6O. The summed E-state index contributed by atoms with van der Waals surface area (Å²) in [5.74, 6) is 2.23. The van der Waals surface area contributed by atoms with E-state index < -0.39 is 0 Å². The lowest BCUT2D eigenvalue weighted by Crippen LogP contribution is -2.64. The number of hydrogen-bond acceptors (Lipinski definition) is 5. The predicted octanol–water partition coefficient (Wildman–Crippen LogP) is 2.04. The molecule has 170 valence electrons. The van der Waals surface area contributed by atoms with Crippen LogP contribution in [0.15, 0.2) is 42.6 Å². The Labute approximate surface area is 193 Å². The standard InChI is InChI=1S/C26H30N6O/c33-25(31-14-18-12-26(13-18,17-31)20-4-2-1-3-5-20)19-15-30(16-19)24-21-6-9-27-10-7-22(21)29-23-8-11-28-32(23)24/h1-5,8,11,18-19,27H,6-7,9-10,12-17H2. The highest BCUT2D eigenvalue weighted by Crippen LogP contribution is 2.52. The second kappa shape index (κ2) is 7.29. The Morgan fingerprint density at radius 1 is 1.03 bits per heavy atom. The van der Waals surface area contributed by atoms with Gasteiger partial charge in [-0.15, -0.1) is 0 Å². The molecule has 3 saturated heterocycles. The van der Waals surface area contributed by atoms with Gasteiger partial charge in [0.25, 0.3) is 0 Å². The van der Waals surface area contributed by atoms with Gasteiger partial charge < -0.3 is 15.1 Å². The molecule has 8 rings (SSSR count). The first-order valence-corrected chi connectivity index (χ1v) is 12.4. The number of piperidine rings is 2. The molecule has 1 saturated carbocycles. The zero-order valence-electron chi connectivity index (χ0n) is 18.9. The van der Waals surface area contributed by atoms with E-state index in [-0.39, 0.29) is 11.3 Å². The average molecular weight is 443 g/mol. The van der Waals surface area contributed by atoms with Crippen molar-refractivity contribution in [2.45, 2.75) is 31.1 Å². The monoisotopic (exact) mass is 442 g/mol. The molecule has 2 aromatic heterocycles. The van der Waals surface area contributed by atoms with Gasteiger partial charge >= 0.3 is 0 Å². The molecule has 33 heavy (non-hydrogen) atoms. The summed E-state index contributed by atoms with van der Waals surface area (Å²) in [6, 6.07) is 12.8. The van der Waals surface area contributed by atoms with Crippen molar-refractivity contribution in [3.05, 3.63) is 59.4 Å². The number of fused-ring (bicyclic) bond motifs is 4. The molecule has 4 fully saturated rings. The molecule has 2 bridgehead atoms.